The fraction of sp³-hybridized carbons (Fsp3) is 0.320. The lowest BCUT2D eigenvalue weighted by Crippen LogP contribution is -2.46. The number of hydrogen-bond acceptors (Lipinski definition) is 7. The SMILES string of the molecule is CN(C)Cc1nc(N2CCN(Cc3cccnc3)CC2)c2c(-c3ccccc3)csc2n1. The Bertz CT molecular complexity index is 1170. The van der Waals surface area contributed by atoms with Crippen LogP contribution in [-0.4, -0.2) is 65.0 Å². The minimum Gasteiger partial charge on any atom is -0.353 e. The van der Waals surface area contributed by atoms with Crippen molar-refractivity contribution in [2.75, 3.05) is 45.2 Å². The molecule has 5 rings (SSSR count). The van der Waals surface area contributed by atoms with Gasteiger partial charge in [0.25, 0.3) is 0 Å². The maximum atomic E-state index is 5.08. The molecule has 0 N–H and O–H groups in total. The Labute approximate surface area is 193 Å². The Balaban J connectivity index is 1.46. The fourth-order valence-electron chi connectivity index (χ4n) is 4.25. The van der Waals surface area contributed by atoms with Crippen LogP contribution in [0.15, 0.2) is 60.2 Å². The summed E-state index contributed by atoms with van der Waals surface area (Å²) in [5, 5.41) is 3.42. The van der Waals surface area contributed by atoms with Gasteiger partial charge in [0.15, 0.2) is 0 Å². The molecule has 3 aromatic heterocycles. The lowest BCUT2D eigenvalue weighted by Gasteiger charge is -2.36. The monoisotopic (exact) mass is 444 g/mol. The Hall–Kier alpha value is -2.87. The fourth-order valence-corrected chi connectivity index (χ4v) is 5.21. The molecule has 1 aliphatic heterocycles. The molecule has 32 heavy (non-hydrogen) atoms. The van der Waals surface area contributed by atoms with Crippen molar-refractivity contribution in [2.24, 2.45) is 0 Å². The molecular formula is C25H28N6S. The van der Waals surface area contributed by atoms with E-state index >= 15 is 0 Å². The third-order valence-corrected chi connectivity index (χ3v) is 6.68. The zero-order valence-electron chi connectivity index (χ0n) is 18.6. The molecule has 0 radical (unpaired) electrons. The first-order valence-corrected chi connectivity index (χ1v) is 11.9. The highest BCUT2D eigenvalue weighted by Crippen LogP contribution is 2.38. The number of benzene rings is 1. The Kier molecular flexibility index (Phi) is 6.12. The molecule has 6 nitrogen and oxygen atoms in total. The number of nitrogens with zero attached hydrogens (tertiary/aromatic N) is 6. The van der Waals surface area contributed by atoms with Crippen LogP contribution in [0, 0.1) is 0 Å². The third kappa shape index (κ3) is 4.50. The van der Waals surface area contributed by atoms with Crippen LogP contribution >= 0.6 is 11.3 Å². The first kappa shape index (κ1) is 21.0. The average molecular weight is 445 g/mol. The predicted molar refractivity (Wildman–Crippen MR) is 132 cm³/mol. The van der Waals surface area contributed by atoms with E-state index in [2.05, 4.69) is 75.6 Å². The van der Waals surface area contributed by atoms with Crippen molar-refractivity contribution < 1.29 is 0 Å². The van der Waals surface area contributed by atoms with Gasteiger partial charge in [-0.3, -0.25) is 9.88 Å². The van der Waals surface area contributed by atoms with E-state index in [-0.39, 0.29) is 0 Å². The van der Waals surface area contributed by atoms with E-state index < -0.39 is 0 Å². The summed E-state index contributed by atoms with van der Waals surface area (Å²) >= 11 is 1.72. The summed E-state index contributed by atoms with van der Waals surface area (Å²) < 4.78 is 0. The molecule has 0 aliphatic carbocycles. The number of thiophene rings is 1. The van der Waals surface area contributed by atoms with Crippen LogP contribution < -0.4 is 4.90 Å². The molecule has 0 amide bonds. The van der Waals surface area contributed by atoms with E-state index in [1.54, 1.807) is 11.3 Å². The minimum atomic E-state index is 0.739. The summed E-state index contributed by atoms with van der Waals surface area (Å²) in [5.41, 5.74) is 3.72. The number of rotatable bonds is 6. The van der Waals surface area contributed by atoms with Crippen LogP contribution in [0.5, 0.6) is 0 Å². The molecule has 0 unspecified atom stereocenters. The third-order valence-electron chi connectivity index (χ3n) is 5.80. The van der Waals surface area contributed by atoms with Gasteiger partial charge >= 0.3 is 0 Å². The first-order valence-electron chi connectivity index (χ1n) is 11.0. The molecule has 164 valence electrons. The van der Waals surface area contributed by atoms with Crippen molar-refractivity contribution in [2.45, 2.75) is 13.1 Å². The Morgan fingerprint density at radius 1 is 0.969 bits per heavy atom. The van der Waals surface area contributed by atoms with Gasteiger partial charge in [-0.15, -0.1) is 11.3 Å². The molecule has 0 bridgehead atoms. The van der Waals surface area contributed by atoms with Crippen LogP contribution in [0.3, 0.4) is 0 Å². The molecule has 0 saturated carbocycles. The number of hydrogen-bond donors (Lipinski definition) is 0. The summed E-state index contributed by atoms with van der Waals surface area (Å²) in [6.45, 7) is 5.61. The average Bonchev–Trinajstić information content (AvgIpc) is 3.24. The second kappa shape index (κ2) is 9.32. The summed E-state index contributed by atoms with van der Waals surface area (Å²) in [6, 6.07) is 14.8. The number of pyridine rings is 1. The maximum Gasteiger partial charge on any atom is 0.146 e. The summed E-state index contributed by atoms with van der Waals surface area (Å²) in [4.78, 5) is 22.4. The van der Waals surface area contributed by atoms with Crippen LogP contribution in [0.25, 0.3) is 21.3 Å². The highest BCUT2D eigenvalue weighted by Gasteiger charge is 2.24. The topological polar surface area (TPSA) is 48.4 Å². The molecule has 1 aromatic carbocycles. The zero-order valence-corrected chi connectivity index (χ0v) is 19.4. The molecule has 4 aromatic rings. The van der Waals surface area contributed by atoms with Crippen molar-refractivity contribution in [1.29, 1.82) is 0 Å². The van der Waals surface area contributed by atoms with Gasteiger partial charge in [0.2, 0.25) is 0 Å². The van der Waals surface area contributed by atoms with Crippen LogP contribution in [-0.2, 0) is 13.1 Å². The highest BCUT2D eigenvalue weighted by molar-refractivity contribution is 7.17. The van der Waals surface area contributed by atoms with Gasteiger partial charge < -0.3 is 9.80 Å². The summed E-state index contributed by atoms with van der Waals surface area (Å²) in [5.74, 6) is 1.96. The molecule has 7 heteroatoms. The normalized spacial score (nSPS) is 15.0. The van der Waals surface area contributed by atoms with E-state index in [9.17, 15) is 0 Å². The number of anilines is 1. The van der Waals surface area contributed by atoms with Gasteiger partial charge in [0, 0.05) is 56.1 Å². The molecule has 0 spiro atoms. The highest BCUT2D eigenvalue weighted by atomic mass is 32.1. The van der Waals surface area contributed by atoms with E-state index in [0.717, 1.165) is 55.7 Å². The quantitative estimate of drug-likeness (QED) is 0.446. The van der Waals surface area contributed by atoms with Gasteiger partial charge in [0.1, 0.15) is 16.5 Å². The molecule has 1 aliphatic rings. The largest absolute Gasteiger partial charge is 0.353 e. The van der Waals surface area contributed by atoms with E-state index in [1.165, 1.54) is 22.1 Å². The van der Waals surface area contributed by atoms with E-state index in [0.29, 0.717) is 0 Å². The molecule has 0 atom stereocenters. The van der Waals surface area contributed by atoms with Crippen molar-refractivity contribution >= 4 is 27.4 Å². The lowest BCUT2D eigenvalue weighted by molar-refractivity contribution is 0.249. The van der Waals surface area contributed by atoms with Crippen molar-refractivity contribution in [1.82, 2.24) is 24.8 Å². The van der Waals surface area contributed by atoms with Gasteiger partial charge in [-0.05, 0) is 31.3 Å². The Morgan fingerprint density at radius 2 is 1.78 bits per heavy atom. The van der Waals surface area contributed by atoms with E-state index in [1.807, 2.05) is 18.5 Å². The number of piperazine rings is 1. The van der Waals surface area contributed by atoms with Crippen LogP contribution in [0.1, 0.15) is 11.4 Å². The van der Waals surface area contributed by atoms with Crippen molar-refractivity contribution in [3.8, 4) is 11.1 Å². The molecule has 1 fully saturated rings. The molecular weight excluding hydrogens is 416 g/mol. The maximum absolute atomic E-state index is 5.08. The minimum absolute atomic E-state index is 0.739. The number of aromatic nitrogens is 3. The van der Waals surface area contributed by atoms with E-state index in [4.69, 9.17) is 9.97 Å². The second-order valence-corrected chi connectivity index (χ2v) is 9.38. The van der Waals surface area contributed by atoms with Gasteiger partial charge in [-0.2, -0.15) is 0 Å². The van der Waals surface area contributed by atoms with Gasteiger partial charge in [-0.25, -0.2) is 9.97 Å². The van der Waals surface area contributed by atoms with Crippen LogP contribution in [0.2, 0.25) is 0 Å². The second-order valence-electron chi connectivity index (χ2n) is 8.52. The zero-order chi connectivity index (χ0) is 21.9. The smallest absolute Gasteiger partial charge is 0.146 e. The summed E-state index contributed by atoms with van der Waals surface area (Å²) in [6.07, 6.45) is 3.80. The van der Waals surface area contributed by atoms with Gasteiger partial charge in [0.05, 0.1) is 11.9 Å². The van der Waals surface area contributed by atoms with Crippen molar-refractivity contribution in [3.63, 3.8) is 0 Å². The lowest BCUT2D eigenvalue weighted by atomic mass is 10.1. The summed E-state index contributed by atoms with van der Waals surface area (Å²) in [7, 11) is 4.13. The standard InChI is InChI=1S/C25H28N6S/c1-29(2)17-22-27-24(23-21(18-32-25(23)28-22)20-8-4-3-5-9-20)31-13-11-30(12-14-31)16-19-7-6-10-26-15-19/h3-10,15,18H,11-14,16-17H2,1-2H3. The van der Waals surface area contributed by atoms with Crippen LogP contribution in [0.4, 0.5) is 5.82 Å². The first-order chi connectivity index (χ1) is 15.7. The number of fused-ring (bicyclic) bond motifs is 1. The Morgan fingerprint density at radius 3 is 2.50 bits per heavy atom. The predicted octanol–water partition coefficient (Wildman–Crippen LogP) is 4.14. The van der Waals surface area contributed by atoms with Gasteiger partial charge in [-0.1, -0.05) is 36.4 Å². The van der Waals surface area contributed by atoms with Crippen molar-refractivity contribution in [3.05, 3.63) is 71.6 Å². The molecule has 4 heterocycles. The molecule has 1 saturated heterocycles.